The summed E-state index contributed by atoms with van der Waals surface area (Å²) in [6, 6.07) is 5.19. The minimum atomic E-state index is -0.532. The number of anilines is 3. The van der Waals surface area contributed by atoms with Gasteiger partial charge in [0.15, 0.2) is 0 Å². The van der Waals surface area contributed by atoms with Crippen molar-refractivity contribution in [3.05, 3.63) is 29.5 Å². The van der Waals surface area contributed by atoms with Crippen molar-refractivity contribution in [3.63, 3.8) is 0 Å². The number of carbonyl (C=O) groups excluding carboxylic acids is 2. The zero-order valence-electron chi connectivity index (χ0n) is 11.6. The van der Waals surface area contributed by atoms with E-state index < -0.39 is 5.91 Å². The van der Waals surface area contributed by atoms with Gasteiger partial charge in [0.25, 0.3) is 5.91 Å². The standard InChI is InChI=1S/C13H15N5O3/c1-3-10(19)15-8-5-4-7(2)9(6-8)16-13(20)11-12(14)18-21-17-11/h4-6H,3H2,1-2H3,(H2,14,18)(H,15,19)(H,16,20). The fraction of sp³-hybridized carbons (Fsp3) is 0.231. The van der Waals surface area contributed by atoms with E-state index in [1.165, 1.54) is 0 Å². The number of nitrogens with one attached hydrogen (secondary N) is 2. The maximum atomic E-state index is 12.0. The van der Waals surface area contributed by atoms with Crippen LogP contribution in [0.1, 0.15) is 29.4 Å². The Morgan fingerprint density at radius 1 is 1.29 bits per heavy atom. The Bertz CT molecular complexity index is 680. The minimum absolute atomic E-state index is 0.0828. The second kappa shape index (κ2) is 6.04. The predicted molar refractivity (Wildman–Crippen MR) is 76.8 cm³/mol. The Kier molecular flexibility index (Phi) is 4.17. The van der Waals surface area contributed by atoms with Crippen molar-refractivity contribution in [2.75, 3.05) is 16.4 Å². The lowest BCUT2D eigenvalue weighted by Gasteiger charge is -2.10. The smallest absolute Gasteiger partial charge is 0.281 e. The van der Waals surface area contributed by atoms with E-state index >= 15 is 0 Å². The van der Waals surface area contributed by atoms with Crippen LogP contribution in [0.4, 0.5) is 17.2 Å². The highest BCUT2D eigenvalue weighted by atomic mass is 16.6. The van der Waals surface area contributed by atoms with E-state index in [1.807, 2.05) is 6.92 Å². The van der Waals surface area contributed by atoms with Crippen molar-refractivity contribution in [1.82, 2.24) is 10.3 Å². The van der Waals surface area contributed by atoms with E-state index in [0.717, 1.165) is 5.56 Å². The molecule has 0 aliphatic carbocycles. The largest absolute Gasteiger partial charge is 0.379 e. The number of carbonyl (C=O) groups is 2. The number of aryl methyl sites for hydroxylation is 1. The van der Waals surface area contributed by atoms with Crippen molar-refractivity contribution >= 4 is 29.0 Å². The zero-order valence-corrected chi connectivity index (χ0v) is 11.6. The van der Waals surface area contributed by atoms with Crippen molar-refractivity contribution in [3.8, 4) is 0 Å². The molecule has 2 aromatic rings. The van der Waals surface area contributed by atoms with Gasteiger partial charge in [-0.1, -0.05) is 13.0 Å². The van der Waals surface area contributed by atoms with Gasteiger partial charge in [0.2, 0.25) is 17.4 Å². The Balaban J connectivity index is 2.19. The van der Waals surface area contributed by atoms with Crippen LogP contribution in [0.3, 0.4) is 0 Å². The average Bonchev–Trinajstić information content (AvgIpc) is 2.88. The van der Waals surface area contributed by atoms with Gasteiger partial charge in [0.1, 0.15) is 0 Å². The van der Waals surface area contributed by atoms with Gasteiger partial charge >= 0.3 is 0 Å². The van der Waals surface area contributed by atoms with E-state index in [-0.39, 0.29) is 17.4 Å². The third kappa shape index (κ3) is 3.35. The van der Waals surface area contributed by atoms with Gasteiger partial charge in [-0.3, -0.25) is 9.59 Å². The van der Waals surface area contributed by atoms with Crippen molar-refractivity contribution in [1.29, 1.82) is 0 Å². The summed E-state index contributed by atoms with van der Waals surface area (Å²) < 4.78 is 4.38. The molecule has 0 radical (unpaired) electrons. The molecule has 1 aromatic carbocycles. The lowest BCUT2D eigenvalue weighted by Crippen LogP contribution is -2.15. The van der Waals surface area contributed by atoms with Crippen LogP contribution in [0.25, 0.3) is 0 Å². The van der Waals surface area contributed by atoms with Crippen molar-refractivity contribution in [2.24, 2.45) is 0 Å². The first-order valence-corrected chi connectivity index (χ1v) is 6.31. The van der Waals surface area contributed by atoms with E-state index in [9.17, 15) is 9.59 Å². The number of amides is 2. The molecule has 2 rings (SSSR count). The highest BCUT2D eigenvalue weighted by Crippen LogP contribution is 2.21. The summed E-state index contributed by atoms with van der Waals surface area (Å²) in [5, 5.41) is 12.1. The maximum Gasteiger partial charge on any atom is 0.281 e. The molecule has 4 N–H and O–H groups in total. The third-order valence-electron chi connectivity index (χ3n) is 2.82. The topological polar surface area (TPSA) is 123 Å². The summed E-state index contributed by atoms with van der Waals surface area (Å²) in [6.45, 7) is 3.58. The molecule has 1 aromatic heterocycles. The van der Waals surface area contributed by atoms with Crippen LogP contribution < -0.4 is 16.4 Å². The fourth-order valence-corrected chi connectivity index (χ4v) is 1.62. The number of nitrogens with two attached hydrogens (primary N) is 1. The Morgan fingerprint density at radius 2 is 2.05 bits per heavy atom. The molecule has 0 fully saturated rings. The molecule has 21 heavy (non-hydrogen) atoms. The zero-order chi connectivity index (χ0) is 15.4. The second-order valence-electron chi connectivity index (χ2n) is 4.38. The van der Waals surface area contributed by atoms with Gasteiger partial charge in [-0.05, 0) is 34.9 Å². The molecule has 0 unspecified atom stereocenters. The molecule has 1 heterocycles. The first kappa shape index (κ1) is 14.5. The number of nitrogens with zero attached hydrogens (tertiary/aromatic N) is 2. The van der Waals surface area contributed by atoms with Crippen LogP contribution >= 0.6 is 0 Å². The Morgan fingerprint density at radius 3 is 2.67 bits per heavy atom. The molecule has 0 aliphatic rings. The molecule has 0 atom stereocenters. The summed E-state index contributed by atoms with van der Waals surface area (Å²) in [5.74, 6) is -0.725. The molecule has 8 nitrogen and oxygen atoms in total. The highest BCUT2D eigenvalue weighted by molar-refractivity contribution is 6.06. The second-order valence-corrected chi connectivity index (χ2v) is 4.38. The molecule has 0 saturated heterocycles. The maximum absolute atomic E-state index is 12.0. The van der Waals surface area contributed by atoms with Gasteiger partial charge in [0.05, 0.1) is 0 Å². The van der Waals surface area contributed by atoms with Gasteiger partial charge in [-0.15, -0.1) is 0 Å². The number of aromatic nitrogens is 2. The first-order valence-electron chi connectivity index (χ1n) is 6.31. The molecule has 0 bridgehead atoms. The fourth-order valence-electron chi connectivity index (χ4n) is 1.62. The molecular formula is C13H15N5O3. The Labute approximate surface area is 120 Å². The minimum Gasteiger partial charge on any atom is -0.379 e. The lowest BCUT2D eigenvalue weighted by atomic mass is 10.1. The SMILES string of the molecule is CCC(=O)Nc1ccc(C)c(NC(=O)c2nonc2N)c1. The van der Waals surface area contributed by atoms with Crippen LogP contribution in [0.15, 0.2) is 22.8 Å². The van der Waals surface area contributed by atoms with Crippen LogP contribution in [0, 0.1) is 6.92 Å². The average molecular weight is 289 g/mol. The summed E-state index contributed by atoms with van der Waals surface area (Å²) >= 11 is 0. The molecule has 0 aliphatic heterocycles. The normalized spacial score (nSPS) is 10.2. The predicted octanol–water partition coefficient (Wildman–Crippen LogP) is 1.56. The lowest BCUT2D eigenvalue weighted by molar-refractivity contribution is -0.115. The molecule has 0 spiro atoms. The number of rotatable bonds is 4. The monoisotopic (exact) mass is 289 g/mol. The van der Waals surface area contributed by atoms with E-state index in [0.29, 0.717) is 17.8 Å². The highest BCUT2D eigenvalue weighted by Gasteiger charge is 2.17. The van der Waals surface area contributed by atoms with Crippen LogP contribution in [0.5, 0.6) is 0 Å². The summed E-state index contributed by atoms with van der Waals surface area (Å²) in [6.07, 6.45) is 0.372. The number of hydrogen-bond acceptors (Lipinski definition) is 6. The van der Waals surface area contributed by atoms with Crippen LogP contribution in [-0.2, 0) is 4.79 Å². The molecule has 110 valence electrons. The molecule has 0 saturated carbocycles. The first-order chi connectivity index (χ1) is 10.0. The molecular weight excluding hydrogens is 274 g/mol. The Hall–Kier alpha value is -2.90. The number of benzene rings is 1. The van der Waals surface area contributed by atoms with E-state index in [4.69, 9.17) is 5.73 Å². The van der Waals surface area contributed by atoms with Gasteiger partial charge in [0, 0.05) is 17.8 Å². The van der Waals surface area contributed by atoms with E-state index in [1.54, 1.807) is 25.1 Å². The summed E-state index contributed by atoms with van der Waals surface area (Å²) in [4.78, 5) is 23.4. The summed E-state index contributed by atoms with van der Waals surface area (Å²) in [7, 11) is 0. The quantitative estimate of drug-likeness (QED) is 0.784. The van der Waals surface area contributed by atoms with Gasteiger partial charge < -0.3 is 16.4 Å². The van der Waals surface area contributed by atoms with E-state index in [2.05, 4.69) is 25.6 Å². The molecule has 8 heteroatoms. The number of hydrogen-bond donors (Lipinski definition) is 3. The third-order valence-corrected chi connectivity index (χ3v) is 2.82. The van der Waals surface area contributed by atoms with Gasteiger partial charge in [-0.2, -0.15) is 0 Å². The van der Waals surface area contributed by atoms with Gasteiger partial charge in [-0.25, -0.2) is 4.63 Å². The molecule has 2 amide bonds. The van der Waals surface area contributed by atoms with Crippen LogP contribution in [0.2, 0.25) is 0 Å². The van der Waals surface area contributed by atoms with Crippen LogP contribution in [-0.4, -0.2) is 22.1 Å². The summed E-state index contributed by atoms with van der Waals surface area (Å²) in [5.41, 5.74) is 7.33. The van der Waals surface area contributed by atoms with Crippen molar-refractivity contribution < 1.29 is 14.2 Å². The number of nitrogen functional groups attached to an aromatic ring is 1. The van der Waals surface area contributed by atoms with Crippen molar-refractivity contribution in [2.45, 2.75) is 20.3 Å².